The summed E-state index contributed by atoms with van der Waals surface area (Å²) in [6.45, 7) is 5.74. The Balaban J connectivity index is 1.49. The third-order valence-corrected chi connectivity index (χ3v) is 5.60. The molecular weight excluding hydrogens is 236 g/mol. The van der Waals surface area contributed by atoms with Gasteiger partial charge in [0, 0.05) is 19.1 Å². The lowest BCUT2D eigenvalue weighted by Gasteiger charge is -2.36. The highest BCUT2D eigenvalue weighted by atomic mass is 16.5. The van der Waals surface area contributed by atoms with Gasteiger partial charge in [0.2, 0.25) is 0 Å². The summed E-state index contributed by atoms with van der Waals surface area (Å²) in [6.07, 6.45) is 11.1. The monoisotopic (exact) mass is 266 g/mol. The van der Waals surface area contributed by atoms with Crippen LogP contribution in [-0.2, 0) is 4.74 Å². The van der Waals surface area contributed by atoms with E-state index in [1.165, 1.54) is 64.5 Å². The van der Waals surface area contributed by atoms with E-state index >= 15 is 0 Å². The zero-order chi connectivity index (χ0) is 13.3. The first-order chi connectivity index (χ1) is 9.17. The second-order valence-electron chi connectivity index (χ2n) is 7.19. The second-order valence-corrected chi connectivity index (χ2v) is 7.19. The molecule has 3 heteroatoms. The topological polar surface area (TPSA) is 38.5 Å². The summed E-state index contributed by atoms with van der Waals surface area (Å²) in [4.78, 5) is 2.61. The van der Waals surface area contributed by atoms with Crippen LogP contribution in [0, 0.1) is 5.92 Å². The number of nitrogens with zero attached hydrogens (tertiary/aromatic N) is 1. The van der Waals surface area contributed by atoms with E-state index in [9.17, 15) is 0 Å². The summed E-state index contributed by atoms with van der Waals surface area (Å²) in [5.41, 5.74) is 6.37. The van der Waals surface area contributed by atoms with Crippen LogP contribution in [0.25, 0.3) is 0 Å². The molecule has 2 N–H and O–H groups in total. The molecule has 0 aromatic rings. The van der Waals surface area contributed by atoms with Crippen LogP contribution in [0.1, 0.15) is 58.3 Å². The van der Waals surface area contributed by atoms with Crippen molar-refractivity contribution >= 4 is 0 Å². The van der Waals surface area contributed by atoms with E-state index in [-0.39, 0.29) is 0 Å². The predicted octanol–water partition coefficient (Wildman–Crippen LogP) is 2.54. The molecule has 19 heavy (non-hydrogen) atoms. The summed E-state index contributed by atoms with van der Waals surface area (Å²) in [7, 11) is 0. The third kappa shape index (κ3) is 3.14. The summed E-state index contributed by atoms with van der Waals surface area (Å²) in [5.74, 6) is 0.690. The van der Waals surface area contributed by atoms with Gasteiger partial charge < -0.3 is 15.4 Å². The molecule has 3 fully saturated rings. The van der Waals surface area contributed by atoms with Gasteiger partial charge in [0.1, 0.15) is 0 Å². The molecule has 1 saturated carbocycles. The second kappa shape index (κ2) is 5.71. The van der Waals surface area contributed by atoms with Crippen LogP contribution in [-0.4, -0.2) is 42.3 Å². The fourth-order valence-electron chi connectivity index (χ4n) is 4.39. The lowest BCUT2D eigenvalue weighted by atomic mass is 9.92. The van der Waals surface area contributed by atoms with Crippen molar-refractivity contribution in [3.8, 4) is 0 Å². The maximum absolute atomic E-state index is 6.44. The largest absolute Gasteiger partial charge is 0.370 e. The van der Waals surface area contributed by atoms with E-state index in [1.54, 1.807) is 0 Å². The highest BCUT2D eigenvalue weighted by Gasteiger charge is 2.42. The van der Waals surface area contributed by atoms with Gasteiger partial charge in [-0.3, -0.25) is 0 Å². The van der Waals surface area contributed by atoms with Gasteiger partial charge in [-0.15, -0.1) is 0 Å². The molecule has 0 aromatic carbocycles. The molecule has 3 atom stereocenters. The Morgan fingerprint density at radius 2 is 2.00 bits per heavy atom. The average Bonchev–Trinajstić information content (AvgIpc) is 3.01. The van der Waals surface area contributed by atoms with Crippen LogP contribution in [0.3, 0.4) is 0 Å². The van der Waals surface area contributed by atoms with Crippen molar-refractivity contribution < 1.29 is 4.74 Å². The van der Waals surface area contributed by atoms with E-state index < -0.39 is 0 Å². The molecule has 2 saturated heterocycles. The highest BCUT2D eigenvalue weighted by Crippen LogP contribution is 2.43. The van der Waals surface area contributed by atoms with Crippen LogP contribution >= 0.6 is 0 Å². The third-order valence-electron chi connectivity index (χ3n) is 5.60. The number of rotatable bonds is 3. The van der Waals surface area contributed by atoms with Crippen LogP contribution < -0.4 is 5.73 Å². The van der Waals surface area contributed by atoms with Crippen LogP contribution in [0.15, 0.2) is 0 Å². The number of ether oxygens (including phenoxy) is 1. The van der Waals surface area contributed by atoms with Gasteiger partial charge in [0.15, 0.2) is 0 Å². The Morgan fingerprint density at radius 3 is 2.74 bits per heavy atom. The number of hydrogen-bond donors (Lipinski definition) is 1. The summed E-state index contributed by atoms with van der Waals surface area (Å²) < 4.78 is 6.44. The van der Waals surface area contributed by atoms with Gasteiger partial charge >= 0.3 is 0 Å². The van der Waals surface area contributed by atoms with Crippen LogP contribution in [0.2, 0.25) is 0 Å². The molecule has 0 radical (unpaired) electrons. The molecule has 0 bridgehead atoms. The zero-order valence-electron chi connectivity index (χ0n) is 12.4. The summed E-state index contributed by atoms with van der Waals surface area (Å²) in [5, 5.41) is 0. The number of nitrogens with two attached hydrogens (primary N) is 1. The van der Waals surface area contributed by atoms with E-state index in [1.807, 2.05) is 0 Å². The molecule has 0 aromatic heterocycles. The predicted molar refractivity (Wildman–Crippen MR) is 78.1 cm³/mol. The maximum atomic E-state index is 6.44. The molecule has 1 aliphatic carbocycles. The number of piperidine rings is 1. The lowest BCUT2D eigenvalue weighted by molar-refractivity contribution is -0.0509. The highest BCUT2D eigenvalue weighted by molar-refractivity contribution is 4.94. The fourth-order valence-corrected chi connectivity index (χ4v) is 4.39. The molecule has 3 aliphatic rings. The Labute approximate surface area is 117 Å². The van der Waals surface area contributed by atoms with Gasteiger partial charge in [-0.05, 0) is 57.9 Å². The van der Waals surface area contributed by atoms with E-state index in [2.05, 4.69) is 11.8 Å². The van der Waals surface area contributed by atoms with Gasteiger partial charge in [0.05, 0.1) is 11.7 Å². The van der Waals surface area contributed by atoms with Crippen molar-refractivity contribution in [1.29, 1.82) is 0 Å². The first-order valence-corrected chi connectivity index (χ1v) is 8.33. The van der Waals surface area contributed by atoms with Crippen molar-refractivity contribution in [3.05, 3.63) is 0 Å². The molecule has 110 valence electrons. The van der Waals surface area contributed by atoms with Crippen molar-refractivity contribution in [3.63, 3.8) is 0 Å². The minimum atomic E-state index is 0.293. The summed E-state index contributed by atoms with van der Waals surface area (Å²) >= 11 is 0. The van der Waals surface area contributed by atoms with Crippen molar-refractivity contribution in [1.82, 2.24) is 4.90 Å². The van der Waals surface area contributed by atoms with Gasteiger partial charge in [-0.25, -0.2) is 0 Å². The van der Waals surface area contributed by atoms with Crippen LogP contribution in [0.5, 0.6) is 0 Å². The molecule has 3 unspecified atom stereocenters. The number of likely N-dealkylation sites (tertiary alicyclic amines) is 1. The standard InChI is InChI=1S/C16H30N2O/c1-13(17)14-5-4-10-18(11-14)12-15-6-9-16(19-15)7-2-3-8-16/h13-15H,2-12,17H2,1H3. The SMILES string of the molecule is CC(N)C1CCCN(CC2CCC3(CCCC3)O2)C1. The summed E-state index contributed by atoms with van der Waals surface area (Å²) in [6, 6.07) is 0.341. The maximum Gasteiger partial charge on any atom is 0.0710 e. The molecule has 2 aliphatic heterocycles. The minimum Gasteiger partial charge on any atom is -0.370 e. The smallest absolute Gasteiger partial charge is 0.0710 e. The number of hydrogen-bond acceptors (Lipinski definition) is 3. The molecule has 2 heterocycles. The minimum absolute atomic E-state index is 0.293. The van der Waals surface area contributed by atoms with Crippen molar-refractivity contribution in [2.45, 2.75) is 76.0 Å². The normalized spacial score (nSPS) is 36.9. The van der Waals surface area contributed by atoms with Gasteiger partial charge in [-0.2, -0.15) is 0 Å². The van der Waals surface area contributed by atoms with Crippen molar-refractivity contribution in [2.75, 3.05) is 19.6 Å². The quantitative estimate of drug-likeness (QED) is 0.853. The Morgan fingerprint density at radius 1 is 1.21 bits per heavy atom. The Bertz CT molecular complexity index is 299. The average molecular weight is 266 g/mol. The molecule has 0 amide bonds. The van der Waals surface area contributed by atoms with E-state index in [0.29, 0.717) is 23.7 Å². The molecule has 3 rings (SSSR count). The van der Waals surface area contributed by atoms with Gasteiger partial charge in [0.25, 0.3) is 0 Å². The first kappa shape index (κ1) is 13.8. The van der Waals surface area contributed by atoms with E-state index in [4.69, 9.17) is 10.5 Å². The first-order valence-electron chi connectivity index (χ1n) is 8.33. The fraction of sp³-hybridized carbons (Fsp3) is 1.00. The van der Waals surface area contributed by atoms with Crippen LogP contribution in [0.4, 0.5) is 0 Å². The van der Waals surface area contributed by atoms with Gasteiger partial charge in [-0.1, -0.05) is 12.8 Å². The Kier molecular flexibility index (Phi) is 4.16. The van der Waals surface area contributed by atoms with E-state index in [0.717, 1.165) is 6.54 Å². The Hall–Kier alpha value is -0.120. The molecule has 3 nitrogen and oxygen atoms in total. The lowest BCUT2D eigenvalue weighted by Crippen LogP contribution is -2.45. The molecule has 1 spiro atoms. The zero-order valence-corrected chi connectivity index (χ0v) is 12.4. The van der Waals surface area contributed by atoms with Crippen molar-refractivity contribution in [2.24, 2.45) is 11.7 Å². The molecular formula is C16H30N2O.